The Morgan fingerprint density at radius 2 is 1.27 bits per heavy atom. The van der Waals surface area contributed by atoms with Gasteiger partial charge in [-0.05, 0) is 45.1 Å². The lowest BCUT2D eigenvalue weighted by molar-refractivity contribution is 0.673. The van der Waals surface area contributed by atoms with Crippen LogP contribution in [0.3, 0.4) is 0 Å². The smallest absolute Gasteiger partial charge is 0.145 e. The SMILES string of the molecule is Clc1cc2ccc3ccccc3c2c2oc3cc4ccccc4cc3c12. The highest BCUT2D eigenvalue weighted by molar-refractivity contribution is 6.41. The summed E-state index contributed by atoms with van der Waals surface area (Å²) in [5, 5.41) is 9.78. The van der Waals surface area contributed by atoms with Crippen LogP contribution in [0.15, 0.2) is 83.3 Å². The van der Waals surface area contributed by atoms with Gasteiger partial charge in [0.1, 0.15) is 11.2 Å². The average molecular weight is 353 g/mol. The first-order valence-electron chi connectivity index (χ1n) is 8.64. The summed E-state index contributed by atoms with van der Waals surface area (Å²) < 4.78 is 6.38. The molecule has 0 aliphatic rings. The lowest BCUT2D eigenvalue weighted by Gasteiger charge is -2.06. The summed E-state index contributed by atoms with van der Waals surface area (Å²) in [5.41, 5.74) is 1.75. The molecule has 5 aromatic carbocycles. The zero-order valence-corrected chi connectivity index (χ0v) is 14.5. The van der Waals surface area contributed by atoms with E-state index in [-0.39, 0.29) is 0 Å². The Kier molecular flexibility index (Phi) is 2.72. The van der Waals surface area contributed by atoms with Crippen molar-refractivity contribution in [2.45, 2.75) is 0 Å². The molecule has 0 fully saturated rings. The first kappa shape index (κ1) is 14.2. The van der Waals surface area contributed by atoms with Crippen molar-refractivity contribution in [1.29, 1.82) is 0 Å². The fraction of sp³-hybridized carbons (Fsp3) is 0. The van der Waals surface area contributed by atoms with Crippen molar-refractivity contribution in [3.8, 4) is 0 Å². The number of fused-ring (bicyclic) bond motifs is 8. The molecule has 0 spiro atoms. The van der Waals surface area contributed by atoms with Gasteiger partial charge in [0.2, 0.25) is 0 Å². The van der Waals surface area contributed by atoms with E-state index >= 15 is 0 Å². The Morgan fingerprint density at radius 1 is 0.577 bits per heavy atom. The van der Waals surface area contributed by atoms with E-state index in [1.807, 2.05) is 6.07 Å². The first-order valence-corrected chi connectivity index (χ1v) is 9.02. The molecular formula is C24H13ClO. The number of hydrogen-bond acceptors (Lipinski definition) is 1. The van der Waals surface area contributed by atoms with Crippen LogP contribution in [0.2, 0.25) is 5.02 Å². The Labute approximate surface area is 154 Å². The van der Waals surface area contributed by atoms with Gasteiger partial charge in [0.15, 0.2) is 0 Å². The predicted molar refractivity (Wildman–Crippen MR) is 111 cm³/mol. The highest BCUT2D eigenvalue weighted by atomic mass is 35.5. The highest BCUT2D eigenvalue weighted by Crippen LogP contribution is 2.42. The lowest BCUT2D eigenvalue weighted by atomic mass is 9.99. The molecule has 0 atom stereocenters. The normalized spacial score (nSPS) is 12.0. The van der Waals surface area contributed by atoms with E-state index in [0.29, 0.717) is 0 Å². The molecule has 122 valence electrons. The Balaban J connectivity index is 1.92. The van der Waals surface area contributed by atoms with Crippen molar-refractivity contribution in [1.82, 2.24) is 0 Å². The largest absolute Gasteiger partial charge is 0.455 e. The second kappa shape index (κ2) is 5.00. The maximum atomic E-state index is 6.70. The molecule has 0 radical (unpaired) electrons. The summed E-state index contributed by atoms with van der Waals surface area (Å²) in [5.74, 6) is 0. The van der Waals surface area contributed by atoms with Crippen LogP contribution in [0.25, 0.3) is 54.3 Å². The Hall–Kier alpha value is -3.03. The van der Waals surface area contributed by atoms with Crippen LogP contribution in [-0.4, -0.2) is 0 Å². The van der Waals surface area contributed by atoms with Crippen molar-refractivity contribution >= 4 is 65.9 Å². The van der Waals surface area contributed by atoms with E-state index in [9.17, 15) is 0 Å². The van der Waals surface area contributed by atoms with Gasteiger partial charge in [0, 0.05) is 16.2 Å². The molecule has 6 aromatic rings. The van der Waals surface area contributed by atoms with Gasteiger partial charge < -0.3 is 4.42 Å². The molecule has 1 heterocycles. The molecule has 1 nitrogen and oxygen atoms in total. The van der Waals surface area contributed by atoms with Gasteiger partial charge in [-0.2, -0.15) is 0 Å². The first-order chi connectivity index (χ1) is 12.8. The number of benzene rings is 5. The van der Waals surface area contributed by atoms with E-state index in [1.165, 1.54) is 21.5 Å². The summed E-state index contributed by atoms with van der Waals surface area (Å²) >= 11 is 6.70. The van der Waals surface area contributed by atoms with E-state index in [4.69, 9.17) is 16.0 Å². The Bertz CT molecular complexity index is 1490. The van der Waals surface area contributed by atoms with E-state index in [2.05, 4.69) is 72.8 Å². The average Bonchev–Trinajstić information content (AvgIpc) is 3.04. The fourth-order valence-corrected chi connectivity index (χ4v) is 4.37. The monoisotopic (exact) mass is 352 g/mol. The zero-order valence-electron chi connectivity index (χ0n) is 13.8. The van der Waals surface area contributed by atoms with E-state index in [1.54, 1.807) is 0 Å². The molecule has 2 heteroatoms. The van der Waals surface area contributed by atoms with Crippen molar-refractivity contribution in [3.63, 3.8) is 0 Å². The van der Waals surface area contributed by atoms with Gasteiger partial charge in [-0.15, -0.1) is 0 Å². The molecule has 0 bridgehead atoms. The van der Waals surface area contributed by atoms with Crippen molar-refractivity contribution in [3.05, 3.63) is 83.9 Å². The molecule has 0 unspecified atom stereocenters. The number of halogens is 1. The fourth-order valence-electron chi connectivity index (χ4n) is 4.07. The van der Waals surface area contributed by atoms with E-state index in [0.717, 1.165) is 37.7 Å². The Morgan fingerprint density at radius 3 is 2.12 bits per heavy atom. The van der Waals surface area contributed by atoms with Gasteiger partial charge in [0.05, 0.1) is 5.02 Å². The van der Waals surface area contributed by atoms with Crippen LogP contribution in [0.1, 0.15) is 0 Å². The quantitative estimate of drug-likeness (QED) is 0.255. The van der Waals surface area contributed by atoms with Crippen LogP contribution in [0.5, 0.6) is 0 Å². The summed E-state index contributed by atoms with van der Waals surface area (Å²) in [6, 6.07) is 27.3. The van der Waals surface area contributed by atoms with Gasteiger partial charge in [-0.3, -0.25) is 0 Å². The highest BCUT2D eigenvalue weighted by Gasteiger charge is 2.16. The zero-order chi connectivity index (χ0) is 17.3. The minimum atomic E-state index is 0.733. The molecule has 1 aromatic heterocycles. The molecule has 0 saturated heterocycles. The molecular weight excluding hydrogens is 340 g/mol. The van der Waals surface area contributed by atoms with Crippen LogP contribution in [0, 0.1) is 0 Å². The van der Waals surface area contributed by atoms with Gasteiger partial charge in [-0.1, -0.05) is 72.3 Å². The van der Waals surface area contributed by atoms with Gasteiger partial charge in [0.25, 0.3) is 0 Å². The van der Waals surface area contributed by atoms with Gasteiger partial charge >= 0.3 is 0 Å². The van der Waals surface area contributed by atoms with Crippen molar-refractivity contribution < 1.29 is 4.42 Å². The molecule has 26 heavy (non-hydrogen) atoms. The van der Waals surface area contributed by atoms with Crippen molar-refractivity contribution in [2.75, 3.05) is 0 Å². The summed E-state index contributed by atoms with van der Waals surface area (Å²) in [6.45, 7) is 0. The predicted octanol–water partition coefficient (Wildman–Crippen LogP) is 7.70. The second-order valence-corrected chi connectivity index (χ2v) is 7.15. The number of furan rings is 1. The third kappa shape index (κ3) is 1.81. The molecule has 0 saturated carbocycles. The molecule has 0 aliphatic heterocycles. The van der Waals surface area contributed by atoms with Crippen LogP contribution in [-0.2, 0) is 0 Å². The summed E-state index contributed by atoms with van der Waals surface area (Å²) in [7, 11) is 0. The molecule has 0 N–H and O–H groups in total. The minimum absolute atomic E-state index is 0.733. The van der Waals surface area contributed by atoms with Gasteiger partial charge in [-0.25, -0.2) is 0 Å². The second-order valence-electron chi connectivity index (χ2n) is 6.74. The van der Waals surface area contributed by atoms with Crippen LogP contribution < -0.4 is 0 Å². The molecule has 6 rings (SSSR count). The maximum Gasteiger partial charge on any atom is 0.145 e. The van der Waals surface area contributed by atoms with E-state index < -0.39 is 0 Å². The third-order valence-electron chi connectivity index (χ3n) is 5.27. The standard InChI is InChI=1S/C24H13ClO/c25-20-12-17-10-9-14-5-3-4-8-18(14)22(17)24-23(20)19-11-15-6-1-2-7-16(15)13-21(19)26-24/h1-13H. The van der Waals surface area contributed by atoms with Crippen molar-refractivity contribution in [2.24, 2.45) is 0 Å². The third-order valence-corrected chi connectivity index (χ3v) is 5.56. The van der Waals surface area contributed by atoms with Crippen LogP contribution >= 0.6 is 11.6 Å². The minimum Gasteiger partial charge on any atom is -0.455 e. The van der Waals surface area contributed by atoms with Crippen LogP contribution in [0.4, 0.5) is 0 Å². The molecule has 0 amide bonds. The number of rotatable bonds is 0. The maximum absolute atomic E-state index is 6.70. The summed E-state index contributed by atoms with van der Waals surface area (Å²) in [6.07, 6.45) is 0. The summed E-state index contributed by atoms with van der Waals surface area (Å²) in [4.78, 5) is 0. The molecule has 0 aliphatic carbocycles. The lowest BCUT2D eigenvalue weighted by Crippen LogP contribution is -1.80. The number of hydrogen-bond donors (Lipinski definition) is 0. The topological polar surface area (TPSA) is 13.1 Å².